The lowest BCUT2D eigenvalue weighted by molar-refractivity contribution is 0.161. The quantitative estimate of drug-likeness (QED) is 0.668. The second-order valence-corrected chi connectivity index (χ2v) is 5.46. The molecule has 0 aliphatic carbocycles. The van der Waals surface area contributed by atoms with E-state index in [0.29, 0.717) is 10.2 Å². The lowest BCUT2D eigenvalue weighted by Crippen LogP contribution is -2.31. The van der Waals surface area contributed by atoms with Crippen molar-refractivity contribution in [2.24, 2.45) is 0 Å². The Kier molecular flexibility index (Phi) is 7.91. The largest absolute Gasteiger partial charge is 0.503 e. The number of hydrogen-bond acceptors (Lipinski definition) is 5. The monoisotopic (exact) mass is 346 g/mol. The lowest BCUT2D eigenvalue weighted by atomic mass is 10.2. The van der Waals surface area contributed by atoms with Gasteiger partial charge in [0.05, 0.1) is 18.2 Å². The summed E-state index contributed by atoms with van der Waals surface area (Å²) in [5.74, 6) is 0.615. The van der Waals surface area contributed by atoms with Gasteiger partial charge in [-0.25, -0.2) is 0 Å². The minimum atomic E-state index is 0.135. The molecule has 1 rings (SSSR count). The summed E-state index contributed by atoms with van der Waals surface area (Å²) in [6.07, 6.45) is 0. The molecule has 0 aliphatic heterocycles. The predicted molar refractivity (Wildman–Crippen MR) is 83.4 cm³/mol. The highest BCUT2D eigenvalue weighted by Gasteiger charge is 2.08. The molecule has 0 bridgehead atoms. The van der Waals surface area contributed by atoms with Crippen molar-refractivity contribution in [2.75, 3.05) is 47.5 Å². The number of phenolic OH excluding ortho intramolecular Hbond substituents is 1. The number of aromatic hydroxyl groups is 1. The van der Waals surface area contributed by atoms with Crippen molar-refractivity contribution in [3.63, 3.8) is 0 Å². The van der Waals surface area contributed by atoms with E-state index < -0.39 is 0 Å². The van der Waals surface area contributed by atoms with Gasteiger partial charge in [-0.15, -0.1) is 0 Å². The van der Waals surface area contributed by atoms with Crippen LogP contribution in [0.2, 0.25) is 0 Å². The van der Waals surface area contributed by atoms with Crippen molar-refractivity contribution in [1.82, 2.24) is 10.2 Å². The second kappa shape index (κ2) is 9.18. The van der Waals surface area contributed by atoms with Crippen molar-refractivity contribution in [2.45, 2.75) is 6.54 Å². The molecule has 1 aromatic carbocycles. The predicted octanol–water partition coefficient (Wildman–Crippen LogP) is 1.83. The lowest BCUT2D eigenvalue weighted by Gasteiger charge is -2.16. The number of hydrogen-bond donors (Lipinski definition) is 2. The first-order valence-electron chi connectivity index (χ1n) is 6.52. The van der Waals surface area contributed by atoms with Crippen molar-refractivity contribution >= 4 is 15.9 Å². The van der Waals surface area contributed by atoms with E-state index in [1.54, 1.807) is 14.2 Å². The van der Waals surface area contributed by atoms with Crippen LogP contribution in [0.3, 0.4) is 0 Å². The zero-order valence-electron chi connectivity index (χ0n) is 12.3. The van der Waals surface area contributed by atoms with Gasteiger partial charge in [0.2, 0.25) is 0 Å². The number of likely N-dealkylation sites (N-methyl/N-ethyl adjacent to an activating group) is 1. The summed E-state index contributed by atoms with van der Waals surface area (Å²) >= 11 is 3.32. The average Bonchev–Trinajstić information content (AvgIpc) is 2.44. The minimum absolute atomic E-state index is 0.135. The third kappa shape index (κ3) is 5.66. The fourth-order valence-electron chi connectivity index (χ4n) is 1.75. The van der Waals surface area contributed by atoms with Gasteiger partial charge in [-0.2, -0.15) is 0 Å². The van der Waals surface area contributed by atoms with Crippen LogP contribution in [-0.2, 0) is 11.3 Å². The molecular formula is C14H23BrN2O3. The van der Waals surface area contributed by atoms with Gasteiger partial charge in [0.25, 0.3) is 0 Å². The van der Waals surface area contributed by atoms with Crippen LogP contribution in [-0.4, -0.2) is 57.5 Å². The summed E-state index contributed by atoms with van der Waals surface area (Å²) in [6, 6.07) is 3.72. The molecule has 6 heteroatoms. The summed E-state index contributed by atoms with van der Waals surface area (Å²) in [4.78, 5) is 2.21. The molecule has 0 aromatic heterocycles. The summed E-state index contributed by atoms with van der Waals surface area (Å²) in [6.45, 7) is 4.25. The van der Waals surface area contributed by atoms with Crippen molar-refractivity contribution < 1.29 is 14.6 Å². The van der Waals surface area contributed by atoms with Gasteiger partial charge in [-0.05, 0) is 40.7 Å². The van der Waals surface area contributed by atoms with Gasteiger partial charge in [-0.3, -0.25) is 0 Å². The van der Waals surface area contributed by atoms with E-state index in [1.807, 2.05) is 12.1 Å². The number of methoxy groups -OCH3 is 2. The molecule has 0 aliphatic rings. The fourth-order valence-corrected chi connectivity index (χ4v) is 2.24. The van der Waals surface area contributed by atoms with Crippen molar-refractivity contribution in [3.05, 3.63) is 22.2 Å². The summed E-state index contributed by atoms with van der Waals surface area (Å²) in [5.41, 5.74) is 1.06. The van der Waals surface area contributed by atoms with Crippen LogP contribution in [0.15, 0.2) is 16.6 Å². The van der Waals surface area contributed by atoms with E-state index >= 15 is 0 Å². The normalized spacial score (nSPS) is 11.1. The van der Waals surface area contributed by atoms with Crippen LogP contribution in [0.25, 0.3) is 0 Å². The summed E-state index contributed by atoms with van der Waals surface area (Å²) in [7, 11) is 5.33. The number of rotatable bonds is 9. The van der Waals surface area contributed by atoms with Crippen LogP contribution in [0.4, 0.5) is 0 Å². The summed E-state index contributed by atoms with van der Waals surface area (Å²) in [5, 5.41) is 13.1. The van der Waals surface area contributed by atoms with Crippen LogP contribution in [0.5, 0.6) is 11.5 Å². The number of nitrogens with one attached hydrogen (secondary N) is 1. The smallest absolute Gasteiger partial charge is 0.172 e. The van der Waals surface area contributed by atoms with E-state index in [9.17, 15) is 5.11 Å². The molecule has 0 amide bonds. The molecule has 0 unspecified atom stereocenters. The van der Waals surface area contributed by atoms with Crippen LogP contribution < -0.4 is 10.1 Å². The second-order valence-electron chi connectivity index (χ2n) is 4.60. The Morgan fingerprint density at radius 1 is 1.30 bits per heavy atom. The van der Waals surface area contributed by atoms with Crippen LogP contribution in [0.1, 0.15) is 5.56 Å². The van der Waals surface area contributed by atoms with Gasteiger partial charge in [0, 0.05) is 33.3 Å². The number of halogens is 1. The third-order valence-corrected chi connectivity index (χ3v) is 3.59. The van der Waals surface area contributed by atoms with E-state index in [0.717, 1.165) is 38.3 Å². The molecule has 5 nitrogen and oxygen atoms in total. The first kappa shape index (κ1) is 17.2. The average molecular weight is 347 g/mol. The Morgan fingerprint density at radius 2 is 2.05 bits per heavy atom. The topological polar surface area (TPSA) is 54.0 Å². The summed E-state index contributed by atoms with van der Waals surface area (Å²) < 4.78 is 10.8. The number of ether oxygens (including phenoxy) is 2. The number of nitrogens with zero attached hydrogens (tertiary/aromatic N) is 1. The standard InChI is InChI=1S/C14H23BrN2O3/c1-17(6-7-19-2)5-4-16-10-11-8-12(15)14(18)13(9-11)20-3/h8-9,16,18H,4-7,10H2,1-3H3. The Balaban J connectivity index is 2.37. The molecule has 0 radical (unpaired) electrons. The zero-order chi connectivity index (χ0) is 15.0. The Bertz CT molecular complexity index is 416. The number of phenols is 1. The molecule has 0 saturated heterocycles. The van der Waals surface area contributed by atoms with Gasteiger partial charge in [0.15, 0.2) is 11.5 Å². The highest BCUT2D eigenvalue weighted by Crippen LogP contribution is 2.35. The maximum absolute atomic E-state index is 9.74. The zero-order valence-corrected chi connectivity index (χ0v) is 13.9. The molecule has 1 aromatic rings. The fraction of sp³-hybridized carbons (Fsp3) is 0.571. The molecule has 0 spiro atoms. The molecule has 0 heterocycles. The molecule has 114 valence electrons. The maximum atomic E-state index is 9.74. The van der Waals surface area contributed by atoms with Crippen LogP contribution in [0, 0.1) is 0 Å². The van der Waals surface area contributed by atoms with E-state index in [2.05, 4.69) is 33.2 Å². The van der Waals surface area contributed by atoms with Crippen LogP contribution >= 0.6 is 15.9 Å². The first-order chi connectivity index (χ1) is 9.58. The molecule has 0 saturated carbocycles. The highest BCUT2D eigenvalue weighted by atomic mass is 79.9. The van der Waals surface area contributed by atoms with E-state index in [4.69, 9.17) is 9.47 Å². The number of benzene rings is 1. The Morgan fingerprint density at radius 3 is 2.70 bits per heavy atom. The van der Waals surface area contributed by atoms with Crippen molar-refractivity contribution in [3.8, 4) is 11.5 Å². The first-order valence-corrected chi connectivity index (χ1v) is 7.31. The van der Waals surface area contributed by atoms with Gasteiger partial charge in [-0.1, -0.05) is 0 Å². The van der Waals surface area contributed by atoms with Gasteiger partial charge in [0.1, 0.15) is 0 Å². The Labute approximate surface area is 129 Å². The molecule has 0 atom stereocenters. The SMILES string of the molecule is COCCN(C)CCNCc1cc(Br)c(O)c(OC)c1. The third-order valence-electron chi connectivity index (χ3n) is 2.98. The molecule has 0 fully saturated rings. The minimum Gasteiger partial charge on any atom is -0.503 e. The molecule has 20 heavy (non-hydrogen) atoms. The van der Waals surface area contributed by atoms with Gasteiger partial charge < -0.3 is 24.8 Å². The van der Waals surface area contributed by atoms with E-state index in [-0.39, 0.29) is 5.75 Å². The highest BCUT2D eigenvalue weighted by molar-refractivity contribution is 9.10. The van der Waals surface area contributed by atoms with Crippen molar-refractivity contribution in [1.29, 1.82) is 0 Å². The maximum Gasteiger partial charge on any atom is 0.172 e. The Hall–Kier alpha value is -0.820. The molecular weight excluding hydrogens is 324 g/mol. The van der Waals surface area contributed by atoms with E-state index in [1.165, 1.54) is 0 Å². The molecule has 2 N–H and O–H groups in total. The van der Waals surface area contributed by atoms with Gasteiger partial charge >= 0.3 is 0 Å².